The molecule has 7 rings (SSSR count). The first-order valence-corrected chi connectivity index (χ1v) is 14.9. The number of aliphatic hydroxyl groups is 1. The number of nitrogens with zero attached hydrogens (tertiary/aromatic N) is 3. The molecule has 1 atom stereocenters. The smallest absolute Gasteiger partial charge is 0.408 e. The molecule has 1 aliphatic heterocycles. The molecule has 9 nitrogen and oxygen atoms in total. The van der Waals surface area contributed by atoms with Gasteiger partial charge in [0.05, 0.1) is 34.3 Å². The molecule has 0 unspecified atom stereocenters. The van der Waals surface area contributed by atoms with Crippen molar-refractivity contribution in [1.29, 1.82) is 0 Å². The molecule has 0 spiro atoms. The van der Waals surface area contributed by atoms with Crippen LogP contribution in [0, 0.1) is 0 Å². The number of H-pyrrole nitrogens is 1. The van der Waals surface area contributed by atoms with Gasteiger partial charge >= 0.3 is 11.9 Å². The summed E-state index contributed by atoms with van der Waals surface area (Å²) < 4.78 is 46.4. The summed E-state index contributed by atoms with van der Waals surface area (Å²) in [6, 6.07) is 17.6. The van der Waals surface area contributed by atoms with E-state index >= 15 is 0 Å². The first kappa shape index (κ1) is 29.7. The number of aliphatic hydroxyl groups excluding tert-OH is 1. The van der Waals surface area contributed by atoms with Crippen molar-refractivity contribution in [1.82, 2.24) is 19.4 Å². The first-order chi connectivity index (χ1) is 21.9. The van der Waals surface area contributed by atoms with Crippen molar-refractivity contribution in [3.05, 3.63) is 121 Å². The third kappa shape index (κ3) is 5.12. The third-order valence-electron chi connectivity index (χ3n) is 9.11. The average molecular weight is 631 g/mol. The Balaban J connectivity index is 1.16. The van der Waals surface area contributed by atoms with Crippen LogP contribution in [0.1, 0.15) is 59.1 Å². The maximum absolute atomic E-state index is 13.5. The number of carbonyl (C=O) groups is 1. The number of rotatable bonds is 5. The van der Waals surface area contributed by atoms with E-state index in [1.165, 1.54) is 15.5 Å². The zero-order chi connectivity index (χ0) is 32.4. The van der Waals surface area contributed by atoms with Gasteiger partial charge < -0.3 is 19.4 Å². The van der Waals surface area contributed by atoms with Crippen molar-refractivity contribution >= 4 is 17.0 Å². The lowest BCUT2D eigenvalue weighted by Gasteiger charge is -2.24. The molecule has 236 valence electrons. The van der Waals surface area contributed by atoms with Gasteiger partial charge in [-0.2, -0.15) is 13.2 Å². The number of hydrogen-bond donors (Lipinski definition) is 2. The molecule has 1 amide bonds. The van der Waals surface area contributed by atoms with E-state index in [1.807, 2.05) is 36.4 Å². The molecular weight excluding hydrogens is 601 g/mol. The van der Waals surface area contributed by atoms with Crippen molar-refractivity contribution in [2.24, 2.45) is 7.05 Å². The SMILES string of the molecule is Cn1c(=O)oc2cc(-c3cccc(C4(c5nc6c(c(=O)[nH]5)CN(C(=O)[C@H](O)c5cccc(C(F)(F)F)c5)CCC6)CC4)c3)ccc21. The van der Waals surface area contributed by atoms with Gasteiger partial charge in [0.1, 0.15) is 5.82 Å². The average Bonchev–Trinajstić information content (AvgIpc) is 3.84. The maximum atomic E-state index is 13.5. The monoisotopic (exact) mass is 630 g/mol. The van der Waals surface area contributed by atoms with Gasteiger partial charge in [-0.05, 0) is 72.2 Å². The number of fused-ring (bicyclic) bond motifs is 2. The maximum Gasteiger partial charge on any atom is 0.419 e. The number of oxazole rings is 1. The quantitative estimate of drug-likeness (QED) is 0.282. The van der Waals surface area contributed by atoms with E-state index in [2.05, 4.69) is 11.1 Å². The summed E-state index contributed by atoms with van der Waals surface area (Å²) in [6.07, 6.45) is -3.99. The molecule has 12 heteroatoms. The second-order valence-corrected chi connectivity index (χ2v) is 12.0. The van der Waals surface area contributed by atoms with Crippen LogP contribution in [-0.2, 0) is 36.4 Å². The minimum atomic E-state index is -4.62. The molecule has 1 fully saturated rings. The number of aromatic amines is 1. The number of alkyl halides is 3. The van der Waals surface area contributed by atoms with Crippen LogP contribution in [0.5, 0.6) is 0 Å². The molecule has 3 heterocycles. The van der Waals surface area contributed by atoms with E-state index in [9.17, 15) is 32.7 Å². The van der Waals surface area contributed by atoms with Crippen LogP contribution in [0.3, 0.4) is 0 Å². The fourth-order valence-electron chi connectivity index (χ4n) is 6.33. The summed E-state index contributed by atoms with van der Waals surface area (Å²) in [6.45, 7) is 0.0897. The number of benzene rings is 3. The Hall–Kier alpha value is -4.97. The lowest BCUT2D eigenvalue weighted by atomic mass is 9.91. The first-order valence-electron chi connectivity index (χ1n) is 14.9. The fraction of sp³-hybridized carbons (Fsp3) is 0.294. The van der Waals surface area contributed by atoms with E-state index in [4.69, 9.17) is 9.40 Å². The normalized spacial score (nSPS) is 16.6. The van der Waals surface area contributed by atoms with Crippen LogP contribution in [0.2, 0.25) is 0 Å². The molecule has 0 radical (unpaired) electrons. The Morgan fingerprint density at radius 3 is 2.57 bits per heavy atom. The molecule has 1 saturated carbocycles. The summed E-state index contributed by atoms with van der Waals surface area (Å²) >= 11 is 0. The highest BCUT2D eigenvalue weighted by Gasteiger charge is 2.49. The Morgan fingerprint density at radius 1 is 1.04 bits per heavy atom. The minimum Gasteiger partial charge on any atom is -0.408 e. The van der Waals surface area contributed by atoms with Crippen molar-refractivity contribution in [2.45, 2.75) is 49.9 Å². The van der Waals surface area contributed by atoms with Gasteiger partial charge in [0.2, 0.25) is 0 Å². The van der Waals surface area contributed by atoms with Crippen LogP contribution in [0.25, 0.3) is 22.2 Å². The minimum absolute atomic E-state index is 0.118. The second-order valence-electron chi connectivity index (χ2n) is 12.0. The van der Waals surface area contributed by atoms with Gasteiger partial charge in [0.25, 0.3) is 11.5 Å². The number of nitrogens with one attached hydrogen (secondary N) is 1. The third-order valence-corrected chi connectivity index (χ3v) is 9.11. The van der Waals surface area contributed by atoms with Crippen LogP contribution in [0.15, 0.2) is 80.7 Å². The van der Waals surface area contributed by atoms with Crippen LogP contribution in [0.4, 0.5) is 13.2 Å². The summed E-state index contributed by atoms with van der Waals surface area (Å²) in [7, 11) is 1.65. The summed E-state index contributed by atoms with van der Waals surface area (Å²) in [5.41, 5.74) is 2.82. The van der Waals surface area contributed by atoms with Crippen molar-refractivity contribution in [3.8, 4) is 11.1 Å². The zero-order valence-corrected chi connectivity index (χ0v) is 24.7. The van der Waals surface area contributed by atoms with E-state index in [1.54, 1.807) is 7.05 Å². The van der Waals surface area contributed by atoms with Gasteiger partial charge in [-0.1, -0.05) is 42.5 Å². The topological polar surface area (TPSA) is 121 Å². The van der Waals surface area contributed by atoms with Gasteiger partial charge in [-0.25, -0.2) is 9.78 Å². The van der Waals surface area contributed by atoms with Gasteiger partial charge in [0, 0.05) is 13.6 Å². The summed E-state index contributed by atoms with van der Waals surface area (Å²) in [4.78, 5) is 47.8. The predicted octanol–water partition coefficient (Wildman–Crippen LogP) is 4.99. The Bertz CT molecular complexity index is 2130. The molecule has 2 aliphatic rings. The highest BCUT2D eigenvalue weighted by Crippen LogP contribution is 2.52. The Kier molecular flexibility index (Phi) is 7.00. The van der Waals surface area contributed by atoms with E-state index < -0.39 is 34.9 Å². The molecular formula is C34H29F3N4O5. The van der Waals surface area contributed by atoms with E-state index in [0.29, 0.717) is 41.0 Å². The summed E-state index contributed by atoms with van der Waals surface area (Å²) in [5, 5.41) is 10.7. The fourth-order valence-corrected chi connectivity index (χ4v) is 6.33. The standard InChI is InChI=1S/C34H29F3N4O5/c1-40-26-11-10-20(17-27(26)46-32(40)45)19-5-2-7-22(15-19)33(12-13-33)31-38-25-9-4-14-41(18-24(25)29(43)39-31)30(44)28(42)21-6-3-8-23(16-21)34(35,36)37/h2-3,5-8,10-11,15-17,28,42H,4,9,12-14,18H2,1H3,(H,38,39,43)/t28-/m1/s1. The summed E-state index contributed by atoms with van der Waals surface area (Å²) in [5.74, 6) is -0.670. The largest absolute Gasteiger partial charge is 0.419 e. The van der Waals surface area contributed by atoms with Crippen LogP contribution < -0.4 is 11.3 Å². The predicted molar refractivity (Wildman–Crippen MR) is 162 cm³/mol. The lowest BCUT2D eigenvalue weighted by molar-refractivity contribution is -0.142. The highest BCUT2D eigenvalue weighted by atomic mass is 19.4. The molecule has 0 bridgehead atoms. The number of aromatic nitrogens is 3. The van der Waals surface area contributed by atoms with Gasteiger partial charge in [-0.15, -0.1) is 0 Å². The van der Waals surface area contributed by atoms with E-state index in [0.717, 1.165) is 47.7 Å². The Labute approximate surface area is 259 Å². The molecule has 46 heavy (non-hydrogen) atoms. The lowest BCUT2D eigenvalue weighted by Crippen LogP contribution is -2.36. The van der Waals surface area contributed by atoms with Crippen molar-refractivity contribution in [3.63, 3.8) is 0 Å². The van der Waals surface area contributed by atoms with E-state index in [-0.39, 0.29) is 24.2 Å². The van der Waals surface area contributed by atoms with Crippen LogP contribution in [-0.4, -0.2) is 37.0 Å². The van der Waals surface area contributed by atoms with Crippen LogP contribution >= 0.6 is 0 Å². The second kappa shape index (κ2) is 10.8. The number of aryl methyl sites for hydroxylation is 2. The Morgan fingerprint density at radius 2 is 1.80 bits per heavy atom. The zero-order valence-electron chi connectivity index (χ0n) is 24.7. The molecule has 3 aromatic carbocycles. The molecule has 1 aliphatic carbocycles. The van der Waals surface area contributed by atoms with Gasteiger partial charge in [0.15, 0.2) is 11.7 Å². The molecule has 2 N–H and O–H groups in total. The van der Waals surface area contributed by atoms with Gasteiger partial charge in [-0.3, -0.25) is 14.2 Å². The number of amides is 1. The van der Waals surface area contributed by atoms with Crippen molar-refractivity contribution in [2.75, 3.05) is 6.54 Å². The molecule has 0 saturated heterocycles. The highest BCUT2D eigenvalue weighted by molar-refractivity contribution is 5.82. The number of carbonyl (C=O) groups excluding carboxylic acids is 1. The number of halogens is 3. The molecule has 5 aromatic rings. The van der Waals surface area contributed by atoms with Crippen molar-refractivity contribution < 1.29 is 27.5 Å². The number of hydrogen-bond acceptors (Lipinski definition) is 6. The molecule has 2 aromatic heterocycles.